The van der Waals surface area contributed by atoms with E-state index in [1.54, 1.807) is 5.56 Å². The third kappa shape index (κ3) is 5.66. The van der Waals surface area contributed by atoms with E-state index in [0.29, 0.717) is 30.7 Å². The van der Waals surface area contributed by atoms with Gasteiger partial charge in [0, 0.05) is 0 Å². The van der Waals surface area contributed by atoms with Crippen LogP contribution in [0.25, 0.3) is 0 Å². The van der Waals surface area contributed by atoms with E-state index in [1.807, 2.05) is 0 Å². The minimum absolute atomic E-state index is 0.0147. The summed E-state index contributed by atoms with van der Waals surface area (Å²) in [5, 5.41) is 0. The highest BCUT2D eigenvalue weighted by Gasteiger charge is 2.48. The number of hydrogen-bond acceptors (Lipinski definition) is 3. The van der Waals surface area contributed by atoms with Crippen molar-refractivity contribution in [2.45, 2.75) is 109 Å². The molecule has 0 unspecified atom stereocenters. The van der Waals surface area contributed by atoms with Crippen molar-refractivity contribution in [1.29, 1.82) is 0 Å². The molecule has 1 aliphatic heterocycles. The molecule has 3 aliphatic carbocycles. The van der Waals surface area contributed by atoms with E-state index in [1.165, 1.54) is 76.2 Å². The van der Waals surface area contributed by atoms with Gasteiger partial charge in [-0.3, -0.25) is 0 Å². The number of unbranched alkanes of at least 4 members (excludes halogenated alkanes) is 3. The number of benzene rings is 1. The third-order valence-electron chi connectivity index (χ3n) is 8.46. The zero-order valence-corrected chi connectivity index (χ0v) is 20.5. The van der Waals surface area contributed by atoms with Gasteiger partial charge >= 0.3 is 0 Å². The maximum atomic E-state index is 6.10. The van der Waals surface area contributed by atoms with E-state index in [4.69, 9.17) is 14.2 Å². The molecule has 3 heteroatoms. The second-order valence-corrected chi connectivity index (χ2v) is 10.5. The Morgan fingerprint density at radius 3 is 2.25 bits per heavy atom. The predicted octanol–water partition coefficient (Wildman–Crippen LogP) is 7.65. The van der Waals surface area contributed by atoms with Gasteiger partial charge < -0.3 is 14.2 Å². The van der Waals surface area contributed by atoms with E-state index in [-0.39, 0.29) is 12.4 Å². The van der Waals surface area contributed by atoms with Crippen molar-refractivity contribution >= 4 is 0 Å². The molecule has 3 nitrogen and oxygen atoms in total. The molecule has 0 N–H and O–H groups in total. The van der Waals surface area contributed by atoms with Gasteiger partial charge in [-0.2, -0.15) is 0 Å². The van der Waals surface area contributed by atoms with Crippen LogP contribution in [0.3, 0.4) is 0 Å². The number of allylic oxidation sites excluding steroid dienone is 1. The molecule has 1 aromatic rings. The van der Waals surface area contributed by atoms with E-state index < -0.39 is 0 Å². The van der Waals surface area contributed by atoms with Crippen molar-refractivity contribution in [3.05, 3.63) is 47.5 Å². The molecule has 5 rings (SSSR count). The highest BCUT2D eigenvalue weighted by atomic mass is 16.7. The van der Waals surface area contributed by atoms with E-state index in [9.17, 15) is 0 Å². The standard InChI is InChI=1S/C29H44O3/c1-3-5-6-7-8-9-21-30-27-23-31-26(22-32-27)24-10-12-25(13-11-24)29-18-15-28(14-4-2,16-19-29)17-20-29/h8-13,26-27H,3-7,14-23H2,1-2H3/b9-8+/t26-,27+,28?,29?/m0/s1. The molecule has 178 valence electrons. The van der Waals surface area contributed by atoms with Crippen LogP contribution >= 0.6 is 0 Å². The molecular weight excluding hydrogens is 396 g/mol. The lowest BCUT2D eigenvalue weighted by atomic mass is 9.51. The van der Waals surface area contributed by atoms with Crippen molar-refractivity contribution < 1.29 is 14.2 Å². The highest BCUT2D eigenvalue weighted by Crippen LogP contribution is 2.59. The zero-order chi connectivity index (χ0) is 22.3. The summed E-state index contributed by atoms with van der Waals surface area (Å²) in [5.74, 6) is 0. The number of rotatable bonds is 11. The lowest BCUT2D eigenvalue weighted by Crippen LogP contribution is -2.44. The van der Waals surface area contributed by atoms with Gasteiger partial charge in [-0.1, -0.05) is 69.5 Å². The van der Waals surface area contributed by atoms with Crippen LogP contribution in [0.2, 0.25) is 0 Å². The second-order valence-electron chi connectivity index (χ2n) is 10.5. The van der Waals surface area contributed by atoms with Gasteiger partial charge in [0.2, 0.25) is 0 Å². The van der Waals surface area contributed by atoms with Gasteiger partial charge in [0.05, 0.1) is 19.8 Å². The molecule has 4 aliphatic rings. The van der Waals surface area contributed by atoms with Gasteiger partial charge in [-0.15, -0.1) is 0 Å². The van der Waals surface area contributed by atoms with Crippen molar-refractivity contribution in [3.8, 4) is 0 Å². The Hall–Kier alpha value is -1.16. The van der Waals surface area contributed by atoms with Crippen LogP contribution in [-0.2, 0) is 19.6 Å². The van der Waals surface area contributed by atoms with Gasteiger partial charge in [0.15, 0.2) is 6.29 Å². The molecule has 0 spiro atoms. The fourth-order valence-electron chi connectivity index (χ4n) is 6.29. The maximum absolute atomic E-state index is 6.10. The Kier molecular flexibility index (Phi) is 8.48. The second kappa shape index (κ2) is 11.3. The molecule has 1 saturated heterocycles. The van der Waals surface area contributed by atoms with Crippen molar-refractivity contribution in [2.75, 3.05) is 19.8 Å². The van der Waals surface area contributed by atoms with Crippen molar-refractivity contribution in [2.24, 2.45) is 5.41 Å². The molecule has 0 radical (unpaired) electrons. The SMILES string of the molecule is CCCCC/C=C/CO[C@H]1CO[C@H](c2ccc(C34CCC(CCC)(CC3)CC4)cc2)CO1. The molecule has 1 aromatic carbocycles. The molecule has 0 aromatic heterocycles. The summed E-state index contributed by atoms with van der Waals surface area (Å²) in [6, 6.07) is 9.31. The Morgan fingerprint density at radius 2 is 1.62 bits per heavy atom. The Balaban J connectivity index is 1.22. The van der Waals surface area contributed by atoms with Gasteiger partial charge in [-0.25, -0.2) is 0 Å². The summed E-state index contributed by atoms with van der Waals surface area (Å²) in [6.45, 7) is 6.24. The van der Waals surface area contributed by atoms with Gasteiger partial charge in [0.25, 0.3) is 0 Å². The van der Waals surface area contributed by atoms with Crippen LogP contribution in [-0.4, -0.2) is 26.1 Å². The molecule has 0 amide bonds. The first-order valence-electron chi connectivity index (χ1n) is 13.3. The summed E-state index contributed by atoms with van der Waals surface area (Å²) in [7, 11) is 0. The van der Waals surface area contributed by atoms with Crippen LogP contribution < -0.4 is 0 Å². The van der Waals surface area contributed by atoms with Crippen LogP contribution in [0.15, 0.2) is 36.4 Å². The van der Waals surface area contributed by atoms with Crippen LogP contribution in [0.1, 0.15) is 108 Å². The topological polar surface area (TPSA) is 27.7 Å². The minimum atomic E-state index is -0.252. The van der Waals surface area contributed by atoms with Crippen LogP contribution in [0, 0.1) is 5.41 Å². The summed E-state index contributed by atoms with van der Waals surface area (Å²) < 4.78 is 17.8. The molecule has 32 heavy (non-hydrogen) atoms. The number of fused-ring (bicyclic) bond motifs is 3. The lowest BCUT2D eigenvalue weighted by Gasteiger charge is -2.54. The van der Waals surface area contributed by atoms with Crippen LogP contribution in [0.4, 0.5) is 0 Å². The molecule has 2 bridgehead atoms. The molecule has 3 saturated carbocycles. The molecule has 1 heterocycles. The monoisotopic (exact) mass is 440 g/mol. The van der Waals surface area contributed by atoms with Crippen LogP contribution in [0.5, 0.6) is 0 Å². The highest BCUT2D eigenvalue weighted by molar-refractivity contribution is 5.32. The lowest BCUT2D eigenvalue weighted by molar-refractivity contribution is -0.232. The van der Waals surface area contributed by atoms with E-state index in [2.05, 4.69) is 50.3 Å². The molecular formula is C29H44O3. The largest absolute Gasteiger partial charge is 0.366 e. The fraction of sp³-hybridized carbons (Fsp3) is 0.724. The first-order chi connectivity index (χ1) is 15.7. The predicted molar refractivity (Wildman–Crippen MR) is 131 cm³/mol. The number of ether oxygens (including phenoxy) is 3. The first kappa shape index (κ1) is 24.0. The molecule has 2 atom stereocenters. The molecule has 4 fully saturated rings. The Labute approximate surface area is 195 Å². The smallest absolute Gasteiger partial charge is 0.181 e. The van der Waals surface area contributed by atoms with Crippen molar-refractivity contribution in [3.63, 3.8) is 0 Å². The first-order valence-corrected chi connectivity index (χ1v) is 13.3. The Morgan fingerprint density at radius 1 is 0.875 bits per heavy atom. The third-order valence-corrected chi connectivity index (χ3v) is 8.46. The number of hydrogen-bond donors (Lipinski definition) is 0. The summed E-state index contributed by atoms with van der Waals surface area (Å²) in [4.78, 5) is 0. The summed E-state index contributed by atoms with van der Waals surface area (Å²) in [6.07, 6.45) is 20.2. The fourth-order valence-corrected chi connectivity index (χ4v) is 6.29. The van der Waals surface area contributed by atoms with Gasteiger partial charge in [0.1, 0.15) is 6.10 Å². The zero-order valence-electron chi connectivity index (χ0n) is 20.5. The van der Waals surface area contributed by atoms with E-state index in [0.717, 1.165) is 6.42 Å². The van der Waals surface area contributed by atoms with Crippen molar-refractivity contribution in [1.82, 2.24) is 0 Å². The average Bonchev–Trinajstić information content (AvgIpc) is 2.85. The maximum Gasteiger partial charge on any atom is 0.181 e. The quantitative estimate of drug-likeness (QED) is 0.261. The van der Waals surface area contributed by atoms with E-state index >= 15 is 0 Å². The normalized spacial score (nSPS) is 32.6. The Bertz CT molecular complexity index is 690. The summed E-state index contributed by atoms with van der Waals surface area (Å²) >= 11 is 0. The summed E-state index contributed by atoms with van der Waals surface area (Å²) in [5.41, 5.74) is 3.88. The van der Waals surface area contributed by atoms with Gasteiger partial charge in [-0.05, 0) is 79.7 Å². The average molecular weight is 441 g/mol. The minimum Gasteiger partial charge on any atom is -0.366 e.